The number of carbonyl (C=O) groups is 1. The summed E-state index contributed by atoms with van der Waals surface area (Å²) < 4.78 is 56.4. The number of hydrogen-bond acceptors (Lipinski definition) is 6. The van der Waals surface area contributed by atoms with Crippen molar-refractivity contribution in [3.63, 3.8) is 0 Å². The normalized spacial score (nSPS) is 17.1. The first-order chi connectivity index (χ1) is 11.7. The van der Waals surface area contributed by atoms with Crippen LogP contribution in [0.3, 0.4) is 0 Å². The predicted molar refractivity (Wildman–Crippen MR) is 88.0 cm³/mol. The Kier molecular flexibility index (Phi) is 6.40. The Hall–Kier alpha value is -1.67. The van der Waals surface area contributed by atoms with E-state index in [4.69, 9.17) is 9.47 Å². The summed E-state index contributed by atoms with van der Waals surface area (Å²) in [6.07, 6.45) is 5.56. The molecule has 0 aliphatic heterocycles. The minimum absolute atomic E-state index is 0.0188. The fraction of sp³-hybridized carbons (Fsp3) is 0.588. The van der Waals surface area contributed by atoms with Gasteiger partial charge in [0.25, 0.3) is 0 Å². The maximum atomic E-state index is 14.1. The molecule has 8 heteroatoms. The van der Waals surface area contributed by atoms with Crippen LogP contribution in [-0.4, -0.2) is 36.9 Å². The second-order valence-corrected chi connectivity index (χ2v) is 7.77. The molecule has 0 aromatic heterocycles. The highest BCUT2D eigenvalue weighted by atomic mass is 32.2. The molecule has 1 saturated carbocycles. The second kappa shape index (κ2) is 8.14. The Labute approximate surface area is 147 Å². The number of rotatable bonds is 7. The van der Waals surface area contributed by atoms with Gasteiger partial charge in [0.15, 0.2) is 11.6 Å². The zero-order valence-electron chi connectivity index (χ0n) is 14.1. The van der Waals surface area contributed by atoms with Crippen LogP contribution in [0.5, 0.6) is 5.75 Å². The quantitative estimate of drug-likeness (QED) is 0.539. The Morgan fingerprint density at radius 2 is 1.96 bits per heavy atom. The molecule has 0 saturated heterocycles. The Balaban J connectivity index is 2.10. The van der Waals surface area contributed by atoms with Crippen molar-refractivity contribution in [3.8, 4) is 5.75 Å². The summed E-state index contributed by atoms with van der Waals surface area (Å²) in [6.45, 7) is 1.45. The van der Waals surface area contributed by atoms with Crippen LogP contribution >= 0.6 is 0 Å². The van der Waals surface area contributed by atoms with Crippen molar-refractivity contribution in [2.75, 3.05) is 12.4 Å². The number of esters is 1. The molecule has 0 spiro atoms. The van der Waals surface area contributed by atoms with Crippen molar-refractivity contribution in [1.82, 2.24) is 0 Å². The van der Waals surface area contributed by atoms with E-state index < -0.39 is 39.9 Å². The molecular weight excluding hydrogens is 351 g/mol. The van der Waals surface area contributed by atoms with E-state index in [2.05, 4.69) is 0 Å². The molecule has 1 aromatic carbocycles. The molecule has 0 N–H and O–H groups in total. The molecular formula is C17H22FO6S-. The Bertz CT molecular complexity index is 710. The first-order valence-corrected chi connectivity index (χ1v) is 9.92. The first-order valence-electron chi connectivity index (χ1n) is 8.34. The lowest BCUT2D eigenvalue weighted by Gasteiger charge is -2.37. The van der Waals surface area contributed by atoms with Crippen LogP contribution < -0.4 is 4.74 Å². The van der Waals surface area contributed by atoms with Gasteiger partial charge in [-0.1, -0.05) is 13.3 Å². The van der Waals surface area contributed by atoms with E-state index >= 15 is 0 Å². The Morgan fingerprint density at radius 3 is 2.56 bits per heavy atom. The fourth-order valence-corrected chi connectivity index (χ4v) is 3.27. The summed E-state index contributed by atoms with van der Waals surface area (Å²) in [6, 6.07) is 3.60. The largest absolute Gasteiger partial charge is 0.748 e. The maximum absolute atomic E-state index is 14.1. The van der Waals surface area contributed by atoms with Crippen molar-refractivity contribution >= 4 is 16.1 Å². The SMILES string of the molecule is CCC1(Oc2cc(C(=O)OCCS(=O)(=O)[O-])ccc2F)CCCCC1. The van der Waals surface area contributed by atoms with Crippen molar-refractivity contribution < 1.29 is 31.6 Å². The molecule has 0 unspecified atom stereocenters. The average molecular weight is 373 g/mol. The Morgan fingerprint density at radius 1 is 1.28 bits per heavy atom. The fourth-order valence-electron chi connectivity index (χ4n) is 2.99. The molecule has 0 atom stereocenters. The molecule has 1 aliphatic rings. The molecule has 0 amide bonds. The lowest BCUT2D eigenvalue weighted by molar-refractivity contribution is 0.0226. The van der Waals surface area contributed by atoms with Gasteiger partial charge in [-0.2, -0.15) is 0 Å². The minimum Gasteiger partial charge on any atom is -0.748 e. The summed E-state index contributed by atoms with van der Waals surface area (Å²) in [5, 5.41) is 0. The number of carbonyl (C=O) groups excluding carboxylic acids is 1. The molecule has 1 fully saturated rings. The molecule has 0 bridgehead atoms. The van der Waals surface area contributed by atoms with E-state index in [0.717, 1.165) is 44.6 Å². The minimum atomic E-state index is -4.46. The van der Waals surface area contributed by atoms with Gasteiger partial charge in [0.2, 0.25) is 0 Å². The van der Waals surface area contributed by atoms with E-state index in [1.54, 1.807) is 0 Å². The van der Waals surface area contributed by atoms with Gasteiger partial charge in [-0.15, -0.1) is 0 Å². The summed E-state index contributed by atoms with van der Waals surface area (Å²) in [5.74, 6) is -2.23. The van der Waals surface area contributed by atoms with Gasteiger partial charge >= 0.3 is 5.97 Å². The van der Waals surface area contributed by atoms with Crippen LogP contribution in [0.4, 0.5) is 4.39 Å². The molecule has 25 heavy (non-hydrogen) atoms. The first kappa shape index (κ1) is 19.7. The van der Waals surface area contributed by atoms with Crippen LogP contribution in [0.15, 0.2) is 18.2 Å². The molecule has 0 radical (unpaired) electrons. The molecule has 2 rings (SSSR count). The zero-order chi connectivity index (χ0) is 18.5. The third kappa shape index (κ3) is 5.67. The van der Waals surface area contributed by atoms with Crippen LogP contribution in [0, 0.1) is 5.82 Å². The highest BCUT2D eigenvalue weighted by molar-refractivity contribution is 7.85. The second-order valence-electron chi connectivity index (χ2n) is 6.24. The number of hydrogen-bond donors (Lipinski definition) is 0. The van der Waals surface area contributed by atoms with Crippen molar-refractivity contribution in [2.45, 2.75) is 51.0 Å². The van der Waals surface area contributed by atoms with Gasteiger partial charge in [0, 0.05) is 0 Å². The van der Waals surface area contributed by atoms with E-state index in [9.17, 15) is 22.2 Å². The van der Waals surface area contributed by atoms with Gasteiger partial charge in [-0.25, -0.2) is 17.6 Å². The van der Waals surface area contributed by atoms with Crippen LogP contribution in [-0.2, 0) is 14.9 Å². The van der Waals surface area contributed by atoms with Crippen LogP contribution in [0.1, 0.15) is 55.8 Å². The average Bonchev–Trinajstić information content (AvgIpc) is 2.56. The van der Waals surface area contributed by atoms with Gasteiger partial charge in [-0.05, 0) is 50.3 Å². The summed E-state index contributed by atoms with van der Waals surface area (Å²) in [5.41, 5.74) is -0.389. The van der Waals surface area contributed by atoms with Gasteiger partial charge in [-0.3, -0.25) is 0 Å². The topological polar surface area (TPSA) is 92.7 Å². The van der Waals surface area contributed by atoms with Gasteiger partial charge < -0.3 is 14.0 Å². The maximum Gasteiger partial charge on any atom is 0.338 e. The van der Waals surface area contributed by atoms with Gasteiger partial charge in [0.05, 0.1) is 21.4 Å². The number of benzene rings is 1. The number of halogens is 1. The molecule has 140 valence electrons. The van der Waals surface area contributed by atoms with E-state index in [-0.39, 0.29) is 11.3 Å². The lowest BCUT2D eigenvalue weighted by Crippen LogP contribution is -2.37. The van der Waals surface area contributed by atoms with E-state index in [1.165, 1.54) is 12.1 Å². The van der Waals surface area contributed by atoms with Crippen LogP contribution in [0.25, 0.3) is 0 Å². The van der Waals surface area contributed by atoms with Crippen molar-refractivity contribution in [3.05, 3.63) is 29.6 Å². The smallest absolute Gasteiger partial charge is 0.338 e. The summed E-state index contributed by atoms with van der Waals surface area (Å²) in [7, 11) is -4.46. The molecule has 1 aromatic rings. The number of ether oxygens (including phenoxy) is 2. The molecule has 1 aliphatic carbocycles. The van der Waals surface area contributed by atoms with Crippen molar-refractivity contribution in [1.29, 1.82) is 0 Å². The van der Waals surface area contributed by atoms with E-state index in [1.807, 2.05) is 6.92 Å². The summed E-state index contributed by atoms with van der Waals surface area (Å²) in [4.78, 5) is 11.9. The third-order valence-corrected chi connectivity index (χ3v) is 5.14. The highest BCUT2D eigenvalue weighted by Gasteiger charge is 2.33. The molecule has 6 nitrogen and oxygen atoms in total. The zero-order valence-corrected chi connectivity index (χ0v) is 14.9. The van der Waals surface area contributed by atoms with Gasteiger partial charge in [0.1, 0.15) is 12.2 Å². The lowest BCUT2D eigenvalue weighted by atomic mass is 9.82. The van der Waals surface area contributed by atoms with Crippen molar-refractivity contribution in [2.24, 2.45) is 0 Å². The third-order valence-electron chi connectivity index (χ3n) is 4.47. The monoisotopic (exact) mass is 373 g/mol. The molecule has 0 heterocycles. The van der Waals surface area contributed by atoms with Crippen LogP contribution in [0.2, 0.25) is 0 Å². The standard InChI is InChI=1S/C17H23FO6S/c1-2-17(8-4-3-5-9-17)24-15-12-13(6-7-14(15)18)16(19)23-10-11-25(20,21)22/h6-7,12H,2-5,8-11H2,1H3,(H,20,21,22)/p-1. The predicted octanol–water partition coefficient (Wildman–Crippen LogP) is 3.02. The summed E-state index contributed by atoms with van der Waals surface area (Å²) >= 11 is 0. The van der Waals surface area contributed by atoms with E-state index in [0.29, 0.717) is 0 Å². The highest BCUT2D eigenvalue weighted by Crippen LogP contribution is 2.36.